The molecule has 12 fully saturated rings. The van der Waals surface area contributed by atoms with Crippen LogP contribution in [0.25, 0.3) is 0 Å². The van der Waals surface area contributed by atoms with Crippen molar-refractivity contribution in [2.45, 2.75) is 410 Å². The van der Waals surface area contributed by atoms with Gasteiger partial charge in [-0.05, 0) is 6.92 Å². The van der Waals surface area contributed by atoms with E-state index < -0.39 is 470 Å². The Hall–Kier alpha value is -4.85. The van der Waals surface area contributed by atoms with Crippen LogP contribution in [0.5, 0.6) is 0 Å². The average Bonchev–Trinajstić information content (AvgIpc) is 0.769. The number of carbonyl (C=O) groups is 5. The summed E-state index contributed by atoms with van der Waals surface area (Å²) in [6.45, 7) is -7.84. The van der Waals surface area contributed by atoms with E-state index in [4.69, 9.17) is 109 Å². The van der Waals surface area contributed by atoms with Crippen LogP contribution >= 0.6 is 0 Å². The molecule has 1 unspecified atom stereocenters. The lowest BCUT2D eigenvalue weighted by atomic mass is 9.93. The molecule has 65 nitrogen and oxygen atoms in total. The predicted molar refractivity (Wildman–Crippen MR) is 452 cm³/mol. The zero-order valence-corrected chi connectivity index (χ0v) is 79.2. The Balaban J connectivity index is 0.954. The lowest BCUT2D eigenvalue weighted by molar-refractivity contribution is -0.410. The number of aliphatic hydroxyl groups is 32. The minimum absolute atomic E-state index is 0.851. The first kappa shape index (κ1) is 121. The van der Waals surface area contributed by atoms with Crippen molar-refractivity contribution in [1.82, 2.24) is 26.6 Å². The highest BCUT2D eigenvalue weighted by atomic mass is 16.8. The van der Waals surface area contributed by atoms with Crippen LogP contribution in [0.15, 0.2) is 0 Å². The maximum Gasteiger partial charge on any atom is 0.217 e. The van der Waals surface area contributed by atoms with Gasteiger partial charge in [0.15, 0.2) is 75.5 Å². The fourth-order valence-corrected chi connectivity index (χ4v) is 19.2. The molecule has 12 aliphatic heterocycles. The van der Waals surface area contributed by atoms with Crippen molar-refractivity contribution >= 4 is 29.5 Å². The lowest BCUT2D eigenvalue weighted by Gasteiger charge is -2.52. The fraction of sp³-hybridized carbons (Fsp3) is 0.939. The Kier molecular flexibility index (Phi) is 43.4. The molecule has 12 heterocycles. The Labute approximate surface area is 832 Å². The van der Waals surface area contributed by atoms with E-state index in [2.05, 4.69) is 26.6 Å². The number of rotatable bonds is 38. The van der Waals surface area contributed by atoms with Gasteiger partial charge in [0, 0.05) is 34.6 Å². The van der Waals surface area contributed by atoms with Gasteiger partial charge in [0.2, 0.25) is 29.5 Å². The largest absolute Gasteiger partial charge is 0.394 e. The molecule has 0 aromatic rings. The van der Waals surface area contributed by atoms with Gasteiger partial charge < -0.3 is 299 Å². The molecule has 65 heteroatoms. The topological polar surface area (TPSA) is 1010 Å². The smallest absolute Gasteiger partial charge is 0.217 e. The Morgan fingerprint density at radius 2 is 0.429 bits per heavy atom. The summed E-state index contributed by atoms with van der Waals surface area (Å²) >= 11 is 0. The summed E-state index contributed by atoms with van der Waals surface area (Å²) in [7, 11) is 0. The molecular weight excluding hydrogens is 2010 g/mol. The fourth-order valence-electron chi connectivity index (χ4n) is 19.2. The molecular formula is C82H137N5O60. The van der Waals surface area contributed by atoms with Crippen LogP contribution in [0.4, 0.5) is 0 Å². The summed E-state index contributed by atoms with van der Waals surface area (Å²) in [4.78, 5) is 66.6. The molecule has 0 aliphatic carbocycles. The molecule has 37 N–H and O–H groups in total. The molecule has 0 saturated carbocycles. The summed E-state index contributed by atoms with van der Waals surface area (Å²) in [5, 5.41) is 375. The van der Waals surface area contributed by atoms with Gasteiger partial charge in [-0.25, -0.2) is 0 Å². The molecule has 850 valence electrons. The number of hydrogen-bond donors (Lipinski definition) is 37. The average molecular weight is 2150 g/mol. The number of hydrogen-bond acceptors (Lipinski definition) is 60. The van der Waals surface area contributed by atoms with Crippen molar-refractivity contribution in [2.75, 3.05) is 72.7 Å². The first-order chi connectivity index (χ1) is 69.6. The maximum absolute atomic E-state index is 13.6. The van der Waals surface area contributed by atoms with Crippen molar-refractivity contribution in [2.24, 2.45) is 0 Å². The van der Waals surface area contributed by atoms with Gasteiger partial charge in [0.05, 0.1) is 78.8 Å². The molecule has 5 amide bonds. The van der Waals surface area contributed by atoms with Gasteiger partial charge in [0.25, 0.3) is 0 Å². The van der Waals surface area contributed by atoms with E-state index in [0.717, 1.165) is 34.6 Å². The molecule has 0 radical (unpaired) electrons. The second-order valence-electron chi connectivity index (χ2n) is 37.3. The van der Waals surface area contributed by atoms with Crippen molar-refractivity contribution in [3.8, 4) is 0 Å². The van der Waals surface area contributed by atoms with Crippen LogP contribution in [0.2, 0.25) is 0 Å². The summed E-state index contributed by atoms with van der Waals surface area (Å²) in [5.41, 5.74) is 0. The normalized spacial score (nSPS) is 49.6. The number of aliphatic hydroxyl groups excluding tert-OH is 32. The van der Waals surface area contributed by atoms with Crippen LogP contribution in [0, 0.1) is 0 Å². The minimum atomic E-state index is -2.88. The predicted octanol–water partition coefficient (Wildman–Crippen LogP) is -25.4. The van der Waals surface area contributed by atoms with Crippen molar-refractivity contribution in [3.05, 3.63) is 0 Å². The highest BCUT2D eigenvalue weighted by Gasteiger charge is 2.65. The molecule has 0 bridgehead atoms. The third-order valence-corrected chi connectivity index (χ3v) is 27.1. The molecule has 0 spiro atoms. The van der Waals surface area contributed by atoms with Crippen molar-refractivity contribution < 1.29 is 296 Å². The summed E-state index contributed by atoms with van der Waals surface area (Å²) in [6.07, 6.45) is -122. The number of ether oxygens (including phenoxy) is 23. The summed E-state index contributed by atoms with van der Waals surface area (Å²) in [5.74, 6) is -5.16. The molecule has 12 rings (SSSR count). The quantitative estimate of drug-likeness (QED) is 0.0273. The Bertz CT molecular complexity index is 4110. The SMILES string of the molecule is CC(=O)N[C@H]1[C@H](O[C@H]2[C@H](O[C@@H]3O[C@@H](C)[C@@H](O)[C@@H](O)[C@@H]3O)[C@@H](NC(C)=O)C(O)O[C@@H]2CO)O[C@H](CO)[C@@H](O[C@@H]2O[C@H](CO[C@H]3O[C@H](CO)[C@@H](O)[C@H](O)[C@@H]3O[C@@H]3O[C@H](CO)[C@@H](O[C@@H]4O[C@H](CO)[C@H](O)[C@H](O)[C@H]4O)[C@H](O)[C@H]3NC(C)=O)[C@@H](O[C@@H]3O[C@H](CO)[C@@H](O)[C@H](O)[C@H]3NC(C)=O)[C@H](O[C@H]3O[C@H](CO)[C@@H](O)[C@H](O)[C@@H]3O[C@@H]3O[C@H](CO)[C@@H](O[C@@H]4O[C@H](CO)[C@H](O)[C@H](O[C@H]5O[C@H](CO)[C@H](O)[C@H](O)[C@H]5O)[C@H]4O)[C@H](O)[C@H]3NC(C)=O)[C@@H]2O)[C@@H]1O. The maximum atomic E-state index is 13.6. The number of carbonyl (C=O) groups excluding carboxylic acids is 5. The molecule has 147 heavy (non-hydrogen) atoms. The van der Waals surface area contributed by atoms with Gasteiger partial charge in [-0.15, -0.1) is 0 Å². The van der Waals surface area contributed by atoms with E-state index in [-0.39, 0.29) is 0 Å². The van der Waals surface area contributed by atoms with Gasteiger partial charge >= 0.3 is 0 Å². The van der Waals surface area contributed by atoms with Crippen LogP contribution in [-0.2, 0) is 133 Å². The van der Waals surface area contributed by atoms with Gasteiger partial charge in [-0.3, -0.25) is 24.0 Å². The van der Waals surface area contributed by atoms with Gasteiger partial charge in [0.1, 0.15) is 287 Å². The summed E-state index contributed by atoms with van der Waals surface area (Å²) in [6, 6.07) is -10.4. The second-order valence-corrected chi connectivity index (χ2v) is 37.3. The van der Waals surface area contributed by atoms with Gasteiger partial charge in [-0.2, -0.15) is 0 Å². The highest BCUT2D eigenvalue weighted by molar-refractivity contribution is 5.75. The summed E-state index contributed by atoms with van der Waals surface area (Å²) < 4.78 is 140. The molecule has 12 aliphatic rings. The van der Waals surface area contributed by atoms with Crippen LogP contribution in [0.3, 0.4) is 0 Å². The van der Waals surface area contributed by atoms with Crippen molar-refractivity contribution in [3.63, 3.8) is 0 Å². The zero-order chi connectivity index (χ0) is 108. The third-order valence-electron chi connectivity index (χ3n) is 27.1. The van der Waals surface area contributed by atoms with E-state index in [1.54, 1.807) is 0 Å². The van der Waals surface area contributed by atoms with E-state index >= 15 is 0 Å². The lowest BCUT2D eigenvalue weighted by Crippen LogP contribution is -2.72. The monoisotopic (exact) mass is 2150 g/mol. The minimum Gasteiger partial charge on any atom is -0.394 e. The van der Waals surface area contributed by atoms with E-state index in [9.17, 15) is 187 Å². The standard InChI is InChI=1S/C82H137N5O60/c1-18-40(103)51(114)56(119)76(126-18)143-66-39(87-23(6)102)71(124)127-33(16-97)64(66)141-73-36(84-20(3)99)48(111)63(31(14-95)134-73)140-80-60(123)68(145-82-70(55(118)45(108)28(11-92)133-82)147-75-38(86-22(5)101)50(113)62(32(15-96)136-75)139-79-59(122)67(46(109)29(12-93)131-79)144-78-58(121)53(116)43(106)26(9-90)130-78)65(142-72-35(83-19(2)98)47(110)41(104)24(7-88)128-72)34(137-80)17-125-81-69(54(117)44(107)27(10-91)132-81)146-74-37(85-21(4)100)49(112)61(30(13-94)135-74)138-77-57(120)52(115)42(105)25(8-89)129-77/h18,24-82,88-97,103-124H,7-17H2,1-6H3,(H,83,98)(H,84,99)(H,85,100)(H,86,101)(H,87,102)/t18-,24+,25+,26+,27+,28+,29+,30+,31+,32+,33+,34+,35+,36+,37+,38+,39+,40+,41+,42-,43-,44+,45+,46-,47+,48+,49+,50+,51+,52-,53-,54-,55-,56-,57+,58+,59+,60-,61+,62+,63+,64+,65+,66+,67-,68+,69-,70-,71?,72-,73-,74-,75-,76-,77-,78+,79-,80-,81-,82+/m0/s1. The first-order valence-electron chi connectivity index (χ1n) is 47.0. The zero-order valence-electron chi connectivity index (χ0n) is 79.2. The number of amides is 5. The molecule has 12 saturated heterocycles. The molecule has 0 aromatic carbocycles. The highest BCUT2D eigenvalue weighted by Crippen LogP contribution is 2.44. The first-order valence-corrected chi connectivity index (χ1v) is 47.0. The van der Waals surface area contributed by atoms with Crippen molar-refractivity contribution in [1.29, 1.82) is 0 Å². The second kappa shape index (κ2) is 52.8. The molecule has 60 atom stereocenters. The van der Waals surface area contributed by atoms with Gasteiger partial charge in [-0.1, -0.05) is 0 Å². The number of nitrogens with one attached hydrogen (secondary N) is 5. The molecule has 0 aromatic heterocycles. The van der Waals surface area contributed by atoms with Crippen LogP contribution in [0.1, 0.15) is 41.5 Å². The van der Waals surface area contributed by atoms with E-state index in [1.807, 2.05) is 0 Å². The Morgan fingerprint density at radius 1 is 0.190 bits per heavy atom. The third kappa shape index (κ3) is 26.7. The van der Waals surface area contributed by atoms with Crippen LogP contribution < -0.4 is 26.6 Å². The van der Waals surface area contributed by atoms with E-state index in [1.165, 1.54) is 6.92 Å². The van der Waals surface area contributed by atoms with E-state index in [0.29, 0.717) is 0 Å². The Morgan fingerprint density at radius 3 is 0.803 bits per heavy atom. The van der Waals surface area contributed by atoms with Crippen LogP contribution in [-0.4, -0.2) is 634 Å².